The zero-order valence-electron chi connectivity index (χ0n) is 9.08. The maximum atomic E-state index is 11.2. The Morgan fingerprint density at radius 3 is 2.93 bits per heavy atom. The number of carbonyl (C=O) groups is 1. The second kappa shape index (κ2) is 5.61. The van der Waals surface area contributed by atoms with E-state index in [9.17, 15) is 4.79 Å². The molecule has 0 saturated carbocycles. The summed E-state index contributed by atoms with van der Waals surface area (Å²) in [5.41, 5.74) is 0. The van der Waals surface area contributed by atoms with Gasteiger partial charge in [-0.2, -0.15) is 11.8 Å². The number of ether oxygens (including phenoxy) is 1. The van der Waals surface area contributed by atoms with Gasteiger partial charge in [0.25, 0.3) is 0 Å². The molecule has 1 N–H and O–H groups in total. The molecular formula is C10H19NO2S. The molecule has 0 aromatic rings. The second-order valence-electron chi connectivity index (χ2n) is 3.74. The van der Waals surface area contributed by atoms with Crippen molar-refractivity contribution < 1.29 is 9.53 Å². The number of thioether (sulfide) groups is 1. The first kappa shape index (κ1) is 11.9. The Bertz CT molecular complexity index is 199. The Morgan fingerprint density at radius 1 is 1.64 bits per heavy atom. The SMILES string of the molecule is COC(=O)C(C)NC1CCCSC1C. The molecule has 1 aliphatic rings. The second-order valence-corrected chi connectivity index (χ2v) is 5.22. The highest BCUT2D eigenvalue weighted by Crippen LogP contribution is 2.25. The summed E-state index contributed by atoms with van der Waals surface area (Å²) in [4.78, 5) is 11.2. The van der Waals surface area contributed by atoms with Gasteiger partial charge in [-0.05, 0) is 25.5 Å². The van der Waals surface area contributed by atoms with E-state index in [0.29, 0.717) is 11.3 Å². The van der Waals surface area contributed by atoms with Crippen LogP contribution >= 0.6 is 11.8 Å². The average Bonchev–Trinajstić information content (AvgIpc) is 2.20. The molecule has 1 aliphatic heterocycles. The van der Waals surface area contributed by atoms with E-state index in [-0.39, 0.29) is 12.0 Å². The average molecular weight is 217 g/mol. The van der Waals surface area contributed by atoms with Gasteiger partial charge in [-0.1, -0.05) is 6.92 Å². The van der Waals surface area contributed by atoms with Crippen LogP contribution in [0.15, 0.2) is 0 Å². The first-order valence-corrected chi connectivity index (χ1v) is 6.15. The molecule has 0 radical (unpaired) electrons. The van der Waals surface area contributed by atoms with Crippen molar-refractivity contribution in [3.8, 4) is 0 Å². The number of rotatable bonds is 3. The zero-order chi connectivity index (χ0) is 10.6. The fraction of sp³-hybridized carbons (Fsp3) is 0.900. The first-order valence-electron chi connectivity index (χ1n) is 5.10. The topological polar surface area (TPSA) is 38.3 Å². The van der Waals surface area contributed by atoms with Crippen LogP contribution < -0.4 is 5.32 Å². The van der Waals surface area contributed by atoms with Gasteiger partial charge in [0.1, 0.15) is 6.04 Å². The first-order chi connectivity index (χ1) is 6.65. The third-order valence-electron chi connectivity index (χ3n) is 2.63. The summed E-state index contributed by atoms with van der Waals surface area (Å²) in [5.74, 6) is 1.07. The predicted molar refractivity (Wildman–Crippen MR) is 59.6 cm³/mol. The molecule has 0 aromatic carbocycles. The Kier molecular flexibility index (Phi) is 4.75. The largest absolute Gasteiger partial charge is 0.468 e. The summed E-state index contributed by atoms with van der Waals surface area (Å²) in [7, 11) is 1.43. The predicted octanol–water partition coefficient (Wildman–Crippen LogP) is 1.42. The van der Waals surface area contributed by atoms with Crippen LogP contribution in [0, 0.1) is 0 Å². The van der Waals surface area contributed by atoms with Crippen LogP contribution in [-0.2, 0) is 9.53 Å². The normalized spacial score (nSPS) is 29.6. The van der Waals surface area contributed by atoms with Crippen LogP contribution in [0.25, 0.3) is 0 Å². The van der Waals surface area contributed by atoms with E-state index in [4.69, 9.17) is 0 Å². The number of esters is 1. The Balaban J connectivity index is 2.38. The summed E-state index contributed by atoms with van der Waals surface area (Å²) < 4.78 is 4.68. The molecule has 1 saturated heterocycles. The fourth-order valence-electron chi connectivity index (χ4n) is 1.71. The van der Waals surface area contributed by atoms with E-state index in [1.54, 1.807) is 0 Å². The number of nitrogens with one attached hydrogen (secondary N) is 1. The Labute approximate surface area is 90.0 Å². The van der Waals surface area contributed by atoms with Crippen molar-refractivity contribution in [1.29, 1.82) is 0 Å². The molecule has 3 nitrogen and oxygen atoms in total. The maximum Gasteiger partial charge on any atom is 0.322 e. The van der Waals surface area contributed by atoms with Gasteiger partial charge in [0.15, 0.2) is 0 Å². The molecule has 3 unspecified atom stereocenters. The highest BCUT2D eigenvalue weighted by Gasteiger charge is 2.25. The van der Waals surface area contributed by atoms with E-state index >= 15 is 0 Å². The van der Waals surface area contributed by atoms with Crippen molar-refractivity contribution in [3.63, 3.8) is 0 Å². The lowest BCUT2D eigenvalue weighted by atomic mass is 10.1. The molecule has 1 heterocycles. The highest BCUT2D eigenvalue weighted by molar-refractivity contribution is 7.99. The van der Waals surface area contributed by atoms with Gasteiger partial charge in [-0.3, -0.25) is 4.79 Å². The van der Waals surface area contributed by atoms with Gasteiger partial charge in [-0.25, -0.2) is 0 Å². The summed E-state index contributed by atoms with van der Waals surface area (Å²) in [6.45, 7) is 4.07. The van der Waals surface area contributed by atoms with E-state index < -0.39 is 0 Å². The maximum absolute atomic E-state index is 11.2. The van der Waals surface area contributed by atoms with Crippen molar-refractivity contribution in [2.75, 3.05) is 12.9 Å². The molecule has 4 heteroatoms. The molecule has 0 aromatic heterocycles. The van der Waals surface area contributed by atoms with Crippen LogP contribution in [0.2, 0.25) is 0 Å². The minimum atomic E-state index is -0.189. The summed E-state index contributed by atoms with van der Waals surface area (Å²) in [5, 5.41) is 3.92. The van der Waals surface area contributed by atoms with Crippen molar-refractivity contribution in [3.05, 3.63) is 0 Å². The zero-order valence-corrected chi connectivity index (χ0v) is 9.89. The van der Waals surface area contributed by atoms with Crippen molar-refractivity contribution in [2.45, 2.75) is 44.0 Å². The van der Waals surface area contributed by atoms with E-state index in [1.807, 2.05) is 18.7 Å². The minimum Gasteiger partial charge on any atom is -0.468 e. The number of carbonyl (C=O) groups excluding carboxylic acids is 1. The molecule has 3 atom stereocenters. The van der Waals surface area contributed by atoms with Gasteiger partial charge in [0.2, 0.25) is 0 Å². The van der Waals surface area contributed by atoms with E-state index in [2.05, 4.69) is 17.0 Å². The lowest BCUT2D eigenvalue weighted by Gasteiger charge is -2.30. The van der Waals surface area contributed by atoms with Gasteiger partial charge < -0.3 is 10.1 Å². The molecule has 1 fully saturated rings. The van der Waals surface area contributed by atoms with Crippen molar-refractivity contribution in [1.82, 2.24) is 5.32 Å². The van der Waals surface area contributed by atoms with E-state index in [1.165, 1.54) is 19.3 Å². The third-order valence-corrected chi connectivity index (χ3v) is 4.00. The fourth-order valence-corrected chi connectivity index (χ4v) is 2.86. The standard InChI is InChI=1S/C10H19NO2S/c1-7(10(12)13-3)11-9-5-4-6-14-8(9)2/h7-9,11H,4-6H2,1-3H3. The molecule has 0 spiro atoms. The van der Waals surface area contributed by atoms with E-state index in [0.717, 1.165) is 6.42 Å². The lowest BCUT2D eigenvalue weighted by Crippen LogP contribution is -2.47. The molecule has 1 rings (SSSR count). The van der Waals surface area contributed by atoms with Crippen LogP contribution in [0.4, 0.5) is 0 Å². The van der Waals surface area contributed by atoms with Crippen molar-refractivity contribution in [2.24, 2.45) is 0 Å². The molecule has 0 amide bonds. The highest BCUT2D eigenvalue weighted by atomic mass is 32.2. The smallest absolute Gasteiger partial charge is 0.322 e. The molecular weight excluding hydrogens is 198 g/mol. The molecule has 0 aliphatic carbocycles. The van der Waals surface area contributed by atoms with Crippen LogP contribution in [0.5, 0.6) is 0 Å². The van der Waals surface area contributed by atoms with Gasteiger partial charge in [-0.15, -0.1) is 0 Å². The lowest BCUT2D eigenvalue weighted by molar-refractivity contribution is -0.142. The van der Waals surface area contributed by atoms with Crippen LogP contribution in [0.1, 0.15) is 26.7 Å². The number of hydrogen-bond acceptors (Lipinski definition) is 4. The monoisotopic (exact) mass is 217 g/mol. The summed E-state index contributed by atoms with van der Waals surface area (Å²) >= 11 is 1.97. The van der Waals surface area contributed by atoms with Crippen molar-refractivity contribution >= 4 is 17.7 Å². The van der Waals surface area contributed by atoms with Crippen LogP contribution in [-0.4, -0.2) is 36.2 Å². The number of methoxy groups -OCH3 is 1. The molecule has 0 bridgehead atoms. The third kappa shape index (κ3) is 3.17. The van der Waals surface area contributed by atoms with Gasteiger partial charge in [0, 0.05) is 11.3 Å². The molecule has 14 heavy (non-hydrogen) atoms. The van der Waals surface area contributed by atoms with Gasteiger partial charge >= 0.3 is 5.97 Å². The summed E-state index contributed by atoms with van der Waals surface area (Å²) in [6.07, 6.45) is 2.40. The Morgan fingerprint density at radius 2 is 2.36 bits per heavy atom. The number of hydrogen-bond donors (Lipinski definition) is 1. The van der Waals surface area contributed by atoms with Gasteiger partial charge in [0.05, 0.1) is 7.11 Å². The molecule has 82 valence electrons. The quantitative estimate of drug-likeness (QED) is 0.726. The van der Waals surface area contributed by atoms with Crippen LogP contribution in [0.3, 0.4) is 0 Å². The Hall–Kier alpha value is -0.220. The summed E-state index contributed by atoms with van der Waals surface area (Å²) in [6, 6.07) is 0.258. The minimum absolute atomic E-state index is 0.173.